The Kier molecular flexibility index (Phi) is 3.30. The molecule has 1 aromatic rings. The summed E-state index contributed by atoms with van der Waals surface area (Å²) in [4.78, 5) is 7.76. The molecule has 0 radical (unpaired) electrons. The number of amidine groups is 1. The molecule has 4 nitrogen and oxygen atoms in total. The van der Waals surface area contributed by atoms with E-state index in [9.17, 15) is 9.50 Å². The van der Waals surface area contributed by atoms with E-state index in [1.807, 2.05) is 0 Å². The molecule has 1 aliphatic carbocycles. The molecule has 0 amide bonds. The molecule has 2 fully saturated rings. The van der Waals surface area contributed by atoms with Crippen molar-refractivity contribution in [3.63, 3.8) is 0 Å². The quantitative estimate of drug-likeness (QED) is 0.843. The van der Waals surface area contributed by atoms with Crippen LogP contribution in [0.5, 0.6) is 0 Å². The number of benzene rings is 1. The standard InChI is InChI=1S/C15H18FN3OS/c16-11-5-12(19-4-3-9(7-19)8-20)14-13(6-11)21-18-15(17-14)10-1-2-10/h5-6,9-10,20H,1-4,7-8H2,(H,17,18). The van der Waals surface area contributed by atoms with Crippen LogP contribution in [-0.2, 0) is 0 Å². The van der Waals surface area contributed by atoms with Gasteiger partial charge in [-0.05, 0) is 43.3 Å². The van der Waals surface area contributed by atoms with Crippen molar-refractivity contribution in [2.24, 2.45) is 16.8 Å². The van der Waals surface area contributed by atoms with Gasteiger partial charge in [0.2, 0.25) is 0 Å². The van der Waals surface area contributed by atoms with Crippen LogP contribution in [0.3, 0.4) is 0 Å². The van der Waals surface area contributed by atoms with Crippen LogP contribution in [-0.4, -0.2) is 30.6 Å². The van der Waals surface area contributed by atoms with Gasteiger partial charge in [0.25, 0.3) is 0 Å². The van der Waals surface area contributed by atoms with Crippen molar-refractivity contribution in [1.82, 2.24) is 4.72 Å². The minimum atomic E-state index is -0.226. The molecule has 0 aromatic heterocycles. The van der Waals surface area contributed by atoms with Crippen molar-refractivity contribution in [1.29, 1.82) is 0 Å². The molecular weight excluding hydrogens is 289 g/mol. The summed E-state index contributed by atoms with van der Waals surface area (Å²) in [5.41, 5.74) is 1.76. The molecule has 0 bridgehead atoms. The van der Waals surface area contributed by atoms with Gasteiger partial charge < -0.3 is 14.7 Å². The highest BCUT2D eigenvalue weighted by Crippen LogP contribution is 2.44. The first-order valence-corrected chi connectivity index (χ1v) is 8.27. The van der Waals surface area contributed by atoms with Gasteiger partial charge in [-0.2, -0.15) is 0 Å². The van der Waals surface area contributed by atoms with E-state index in [0.29, 0.717) is 5.92 Å². The average Bonchev–Trinajstić information content (AvgIpc) is 3.23. The Morgan fingerprint density at radius 2 is 2.24 bits per heavy atom. The molecule has 4 rings (SSSR count). The second-order valence-corrected chi connectivity index (χ2v) is 6.88. The average molecular weight is 307 g/mol. The van der Waals surface area contributed by atoms with Gasteiger partial charge >= 0.3 is 0 Å². The maximum atomic E-state index is 13.9. The maximum absolute atomic E-state index is 13.9. The minimum Gasteiger partial charge on any atom is -0.396 e. The smallest absolute Gasteiger partial charge is 0.126 e. The van der Waals surface area contributed by atoms with E-state index in [1.165, 1.54) is 24.8 Å². The van der Waals surface area contributed by atoms with Crippen molar-refractivity contribution in [2.45, 2.75) is 24.2 Å². The number of aliphatic hydroxyl groups excluding tert-OH is 1. The number of rotatable bonds is 3. The molecule has 6 heteroatoms. The Morgan fingerprint density at radius 1 is 1.38 bits per heavy atom. The van der Waals surface area contributed by atoms with Gasteiger partial charge in [0, 0.05) is 31.5 Å². The third-order valence-electron chi connectivity index (χ3n) is 4.37. The van der Waals surface area contributed by atoms with Crippen LogP contribution < -0.4 is 9.62 Å². The largest absolute Gasteiger partial charge is 0.396 e. The topological polar surface area (TPSA) is 47.9 Å². The second-order valence-electron chi connectivity index (χ2n) is 6.03. The predicted octanol–water partition coefficient (Wildman–Crippen LogP) is 2.69. The lowest BCUT2D eigenvalue weighted by Crippen LogP contribution is -2.24. The van der Waals surface area contributed by atoms with Crippen molar-refractivity contribution in [3.05, 3.63) is 17.9 Å². The van der Waals surface area contributed by atoms with Crippen LogP contribution in [0.1, 0.15) is 19.3 Å². The number of aliphatic imine (C=N–C) groups is 1. The summed E-state index contributed by atoms with van der Waals surface area (Å²) in [5.74, 6) is 1.63. The van der Waals surface area contributed by atoms with Crippen LogP contribution in [0.4, 0.5) is 15.8 Å². The monoisotopic (exact) mass is 307 g/mol. The fraction of sp³-hybridized carbons (Fsp3) is 0.533. The zero-order chi connectivity index (χ0) is 14.4. The zero-order valence-electron chi connectivity index (χ0n) is 11.7. The molecule has 3 aliphatic rings. The summed E-state index contributed by atoms with van der Waals surface area (Å²) in [6.45, 7) is 1.83. The number of aliphatic hydroxyl groups is 1. The number of anilines is 1. The third-order valence-corrected chi connectivity index (χ3v) is 5.21. The number of hydrogen-bond donors (Lipinski definition) is 2. The molecule has 2 N–H and O–H groups in total. The zero-order valence-corrected chi connectivity index (χ0v) is 12.5. The van der Waals surface area contributed by atoms with Gasteiger partial charge in [0.15, 0.2) is 0 Å². The third kappa shape index (κ3) is 2.51. The molecule has 21 heavy (non-hydrogen) atoms. The summed E-state index contributed by atoms with van der Waals surface area (Å²) in [5, 5.41) is 9.30. The lowest BCUT2D eigenvalue weighted by atomic mass is 10.1. The number of hydrogen-bond acceptors (Lipinski definition) is 5. The lowest BCUT2D eigenvalue weighted by Gasteiger charge is -2.25. The van der Waals surface area contributed by atoms with Gasteiger partial charge in [-0.3, -0.25) is 0 Å². The number of fused-ring (bicyclic) bond motifs is 1. The summed E-state index contributed by atoms with van der Waals surface area (Å²) in [6, 6.07) is 3.13. The normalized spacial score (nSPS) is 24.6. The Hall–Kier alpha value is -1.27. The van der Waals surface area contributed by atoms with E-state index in [2.05, 4.69) is 9.62 Å². The minimum absolute atomic E-state index is 0.195. The first-order chi connectivity index (χ1) is 10.2. The van der Waals surface area contributed by atoms with Crippen LogP contribution in [0.25, 0.3) is 0 Å². The van der Waals surface area contributed by atoms with Gasteiger partial charge in [-0.15, -0.1) is 0 Å². The highest BCUT2D eigenvalue weighted by molar-refractivity contribution is 7.98. The molecule has 1 atom stereocenters. The summed E-state index contributed by atoms with van der Waals surface area (Å²) >= 11 is 1.46. The predicted molar refractivity (Wildman–Crippen MR) is 82.6 cm³/mol. The van der Waals surface area contributed by atoms with Gasteiger partial charge in [-0.1, -0.05) is 0 Å². The first-order valence-electron chi connectivity index (χ1n) is 7.45. The summed E-state index contributed by atoms with van der Waals surface area (Å²) in [7, 11) is 0. The number of nitrogens with one attached hydrogen (secondary N) is 1. The highest BCUT2D eigenvalue weighted by Gasteiger charge is 2.32. The Labute approximate surface area is 127 Å². The molecule has 0 spiro atoms. The van der Waals surface area contributed by atoms with E-state index < -0.39 is 0 Å². The molecule has 112 valence electrons. The van der Waals surface area contributed by atoms with Gasteiger partial charge in [0.1, 0.15) is 17.3 Å². The van der Waals surface area contributed by atoms with E-state index in [-0.39, 0.29) is 18.3 Å². The first kappa shape index (κ1) is 13.4. The summed E-state index contributed by atoms with van der Waals surface area (Å²) in [6.07, 6.45) is 3.33. The van der Waals surface area contributed by atoms with Crippen molar-refractivity contribution < 1.29 is 9.50 Å². The summed E-state index contributed by atoms with van der Waals surface area (Å²) < 4.78 is 17.1. The van der Waals surface area contributed by atoms with Crippen LogP contribution in [0.2, 0.25) is 0 Å². The lowest BCUT2D eigenvalue weighted by molar-refractivity contribution is 0.238. The molecule has 1 aromatic carbocycles. The fourth-order valence-electron chi connectivity index (χ4n) is 2.97. The van der Waals surface area contributed by atoms with Crippen LogP contribution in [0, 0.1) is 17.7 Å². The molecular formula is C15H18FN3OS. The van der Waals surface area contributed by atoms with Crippen molar-refractivity contribution >= 4 is 29.2 Å². The molecule has 2 aliphatic heterocycles. The number of nitrogens with zero attached hydrogens (tertiary/aromatic N) is 2. The fourth-order valence-corrected chi connectivity index (χ4v) is 3.82. The molecule has 1 saturated heterocycles. The van der Waals surface area contributed by atoms with Gasteiger partial charge in [0.05, 0.1) is 10.6 Å². The molecule has 1 saturated carbocycles. The number of halogens is 1. The van der Waals surface area contributed by atoms with E-state index >= 15 is 0 Å². The Morgan fingerprint density at radius 3 is 2.95 bits per heavy atom. The van der Waals surface area contributed by atoms with Crippen LogP contribution in [0.15, 0.2) is 22.0 Å². The Bertz CT molecular complexity index is 603. The second kappa shape index (κ2) is 5.18. The van der Waals surface area contributed by atoms with E-state index in [0.717, 1.165) is 41.6 Å². The van der Waals surface area contributed by atoms with Crippen LogP contribution >= 0.6 is 11.9 Å². The Balaban J connectivity index is 1.72. The maximum Gasteiger partial charge on any atom is 0.126 e. The highest BCUT2D eigenvalue weighted by atomic mass is 32.2. The molecule has 2 heterocycles. The molecule has 1 unspecified atom stereocenters. The van der Waals surface area contributed by atoms with E-state index in [1.54, 1.807) is 12.1 Å². The SMILES string of the molecule is OCC1CCN(c2cc(F)cc3c2N=C(C2CC2)NS3)C1. The van der Waals surface area contributed by atoms with E-state index in [4.69, 9.17) is 4.99 Å². The van der Waals surface area contributed by atoms with Crippen molar-refractivity contribution in [3.8, 4) is 0 Å². The van der Waals surface area contributed by atoms with Crippen molar-refractivity contribution in [2.75, 3.05) is 24.6 Å². The van der Waals surface area contributed by atoms with Gasteiger partial charge in [-0.25, -0.2) is 9.38 Å².